The fraction of sp³-hybridized carbons (Fsp3) is 0. The quantitative estimate of drug-likeness (QED) is 0.589. The lowest BCUT2D eigenvalue weighted by Crippen LogP contribution is -1.79. The van der Waals surface area contributed by atoms with E-state index in [2.05, 4.69) is 27.6 Å². The van der Waals surface area contributed by atoms with Gasteiger partial charge in [0.1, 0.15) is 5.52 Å². The van der Waals surface area contributed by atoms with Crippen molar-refractivity contribution in [2.24, 2.45) is 0 Å². The van der Waals surface area contributed by atoms with Gasteiger partial charge in [-0.1, -0.05) is 23.7 Å². The highest BCUT2D eigenvalue weighted by Crippen LogP contribution is 2.27. The number of hydrogen-bond acceptors (Lipinski definition) is 2. The molecule has 4 heteroatoms. The van der Waals surface area contributed by atoms with E-state index in [-0.39, 0.29) is 0 Å². The van der Waals surface area contributed by atoms with Gasteiger partial charge < -0.3 is 4.42 Å². The van der Waals surface area contributed by atoms with Crippen LogP contribution in [0.3, 0.4) is 0 Å². The van der Waals surface area contributed by atoms with Gasteiger partial charge in [-0.25, -0.2) is 4.98 Å². The van der Waals surface area contributed by atoms with E-state index in [1.54, 1.807) is 0 Å². The van der Waals surface area contributed by atoms with E-state index in [9.17, 15) is 0 Å². The molecule has 0 N–H and O–H groups in total. The monoisotopic (exact) mass is 355 g/mol. The number of nitrogens with zero attached hydrogens (tertiary/aromatic N) is 1. The fourth-order valence-electron chi connectivity index (χ4n) is 1.67. The summed E-state index contributed by atoms with van der Waals surface area (Å²) < 4.78 is 6.75. The molecule has 3 rings (SSSR count). The Hall–Kier alpha value is -1.07. The average Bonchev–Trinajstić information content (AvgIpc) is 2.71. The van der Waals surface area contributed by atoms with E-state index in [0.717, 1.165) is 20.2 Å². The highest BCUT2D eigenvalue weighted by Gasteiger charge is 2.08. The fourth-order valence-corrected chi connectivity index (χ4v) is 2.76. The molecular weight excluding hydrogens is 349 g/mol. The standard InChI is InChI=1S/C13H7ClINO/c14-9-5-8(6-10(15)7-9)13-16-11-3-1-2-4-12(11)17-13/h1-7H. The van der Waals surface area contributed by atoms with Crippen molar-refractivity contribution >= 4 is 45.3 Å². The molecule has 1 heterocycles. The minimum Gasteiger partial charge on any atom is -0.436 e. The van der Waals surface area contributed by atoms with Gasteiger partial charge in [0, 0.05) is 14.2 Å². The van der Waals surface area contributed by atoms with Crippen LogP contribution in [0.5, 0.6) is 0 Å². The van der Waals surface area contributed by atoms with Gasteiger partial charge in [0.2, 0.25) is 5.89 Å². The third-order valence-corrected chi connectivity index (χ3v) is 3.24. The lowest BCUT2D eigenvalue weighted by molar-refractivity contribution is 0.620. The van der Waals surface area contributed by atoms with Crippen molar-refractivity contribution in [2.75, 3.05) is 0 Å². The summed E-state index contributed by atoms with van der Waals surface area (Å²) in [5.74, 6) is 0.603. The Kier molecular flexibility index (Phi) is 2.80. The second-order valence-corrected chi connectivity index (χ2v) is 5.33. The van der Waals surface area contributed by atoms with Crippen LogP contribution in [0.15, 0.2) is 46.9 Å². The normalized spacial score (nSPS) is 10.9. The van der Waals surface area contributed by atoms with Crippen LogP contribution < -0.4 is 0 Å². The maximum Gasteiger partial charge on any atom is 0.227 e. The maximum atomic E-state index is 6.02. The molecule has 0 saturated carbocycles. The Balaban J connectivity index is 2.20. The number of halogens is 2. The van der Waals surface area contributed by atoms with E-state index in [1.807, 2.05) is 42.5 Å². The van der Waals surface area contributed by atoms with Crippen molar-refractivity contribution in [3.8, 4) is 11.5 Å². The van der Waals surface area contributed by atoms with Crippen molar-refractivity contribution in [1.29, 1.82) is 0 Å². The predicted octanol–water partition coefficient (Wildman–Crippen LogP) is 4.75. The summed E-state index contributed by atoms with van der Waals surface area (Å²) in [7, 11) is 0. The van der Waals surface area contributed by atoms with Crippen molar-refractivity contribution in [1.82, 2.24) is 4.98 Å². The molecular formula is C13H7ClINO. The van der Waals surface area contributed by atoms with Gasteiger partial charge in [-0.2, -0.15) is 0 Å². The molecule has 0 saturated heterocycles. The molecule has 2 aromatic carbocycles. The summed E-state index contributed by atoms with van der Waals surface area (Å²) in [6.45, 7) is 0. The Morgan fingerprint density at radius 3 is 2.71 bits per heavy atom. The zero-order chi connectivity index (χ0) is 11.8. The number of fused-ring (bicyclic) bond motifs is 1. The number of para-hydroxylation sites is 2. The molecule has 0 amide bonds. The predicted molar refractivity (Wildman–Crippen MR) is 77.2 cm³/mol. The zero-order valence-electron chi connectivity index (χ0n) is 8.65. The summed E-state index contributed by atoms with van der Waals surface area (Å²) >= 11 is 8.25. The highest BCUT2D eigenvalue weighted by atomic mass is 127. The summed E-state index contributed by atoms with van der Waals surface area (Å²) in [5, 5.41) is 0.689. The molecule has 0 aliphatic heterocycles. The minimum absolute atomic E-state index is 0.603. The first-order valence-corrected chi connectivity index (χ1v) is 6.50. The van der Waals surface area contributed by atoms with Crippen LogP contribution in [-0.2, 0) is 0 Å². The minimum atomic E-state index is 0.603. The first-order chi connectivity index (χ1) is 8.22. The molecule has 0 bridgehead atoms. The summed E-state index contributed by atoms with van der Waals surface area (Å²) in [6.07, 6.45) is 0. The van der Waals surface area contributed by atoms with E-state index < -0.39 is 0 Å². The molecule has 0 spiro atoms. The molecule has 17 heavy (non-hydrogen) atoms. The molecule has 0 atom stereocenters. The molecule has 0 unspecified atom stereocenters. The van der Waals surface area contributed by atoms with Gasteiger partial charge >= 0.3 is 0 Å². The number of rotatable bonds is 1. The van der Waals surface area contributed by atoms with Crippen molar-refractivity contribution < 1.29 is 4.42 Å². The van der Waals surface area contributed by atoms with E-state index in [4.69, 9.17) is 16.0 Å². The molecule has 84 valence electrons. The van der Waals surface area contributed by atoms with E-state index in [0.29, 0.717) is 10.9 Å². The summed E-state index contributed by atoms with van der Waals surface area (Å²) in [6, 6.07) is 13.5. The third-order valence-electron chi connectivity index (χ3n) is 2.40. The Morgan fingerprint density at radius 2 is 1.94 bits per heavy atom. The summed E-state index contributed by atoms with van der Waals surface area (Å²) in [4.78, 5) is 4.44. The zero-order valence-corrected chi connectivity index (χ0v) is 11.6. The van der Waals surface area contributed by atoms with Gasteiger partial charge in [-0.3, -0.25) is 0 Å². The van der Waals surface area contributed by atoms with E-state index >= 15 is 0 Å². The van der Waals surface area contributed by atoms with Gasteiger partial charge in [-0.05, 0) is 52.9 Å². The number of aromatic nitrogens is 1. The first kappa shape index (κ1) is 11.0. The molecule has 0 aliphatic rings. The third kappa shape index (κ3) is 2.17. The van der Waals surface area contributed by atoms with Gasteiger partial charge in [-0.15, -0.1) is 0 Å². The number of oxazole rings is 1. The molecule has 2 nitrogen and oxygen atoms in total. The molecule has 0 fully saturated rings. The largest absolute Gasteiger partial charge is 0.436 e. The SMILES string of the molecule is Clc1cc(I)cc(-c2nc3ccccc3o2)c1. The van der Waals surface area contributed by atoms with Crippen LogP contribution in [0.4, 0.5) is 0 Å². The highest BCUT2D eigenvalue weighted by molar-refractivity contribution is 14.1. The van der Waals surface area contributed by atoms with Crippen LogP contribution >= 0.6 is 34.2 Å². The van der Waals surface area contributed by atoms with Crippen LogP contribution in [0.25, 0.3) is 22.6 Å². The Bertz CT molecular complexity index is 639. The maximum absolute atomic E-state index is 6.02. The lowest BCUT2D eigenvalue weighted by atomic mass is 10.2. The van der Waals surface area contributed by atoms with E-state index in [1.165, 1.54) is 0 Å². The average molecular weight is 356 g/mol. The van der Waals surface area contributed by atoms with Gasteiger partial charge in [0.15, 0.2) is 5.58 Å². The van der Waals surface area contributed by atoms with Crippen molar-refractivity contribution in [3.63, 3.8) is 0 Å². The van der Waals surface area contributed by atoms with Crippen LogP contribution in [0.1, 0.15) is 0 Å². The smallest absolute Gasteiger partial charge is 0.227 e. The van der Waals surface area contributed by atoms with Crippen molar-refractivity contribution in [3.05, 3.63) is 51.1 Å². The number of hydrogen-bond donors (Lipinski definition) is 0. The van der Waals surface area contributed by atoms with Crippen LogP contribution in [0, 0.1) is 3.57 Å². The van der Waals surface area contributed by atoms with Gasteiger partial charge in [0.25, 0.3) is 0 Å². The second-order valence-electron chi connectivity index (χ2n) is 3.64. The Labute approximate surface area is 117 Å². The van der Waals surface area contributed by atoms with Gasteiger partial charge in [0.05, 0.1) is 0 Å². The van der Waals surface area contributed by atoms with Crippen molar-refractivity contribution in [2.45, 2.75) is 0 Å². The second kappa shape index (κ2) is 4.31. The molecule has 1 aromatic heterocycles. The molecule has 0 radical (unpaired) electrons. The first-order valence-electron chi connectivity index (χ1n) is 5.04. The molecule has 0 aliphatic carbocycles. The topological polar surface area (TPSA) is 26.0 Å². The van der Waals surface area contributed by atoms with Crippen LogP contribution in [-0.4, -0.2) is 4.98 Å². The lowest BCUT2D eigenvalue weighted by Gasteiger charge is -1.97. The number of benzene rings is 2. The summed E-state index contributed by atoms with van der Waals surface area (Å²) in [5.41, 5.74) is 2.55. The Morgan fingerprint density at radius 1 is 1.12 bits per heavy atom. The molecule has 3 aromatic rings. The van der Waals surface area contributed by atoms with Crippen LogP contribution in [0.2, 0.25) is 5.02 Å².